The van der Waals surface area contributed by atoms with Crippen LogP contribution in [0.5, 0.6) is 0 Å². The van der Waals surface area contributed by atoms with Gasteiger partial charge in [-0.3, -0.25) is 4.98 Å². The molecule has 3 heterocycles. The molecule has 0 radical (unpaired) electrons. The van der Waals surface area contributed by atoms with Gasteiger partial charge in [0, 0.05) is 37.4 Å². The number of pyridine rings is 1. The topological polar surface area (TPSA) is 36.3 Å². The molecule has 0 spiro atoms. The van der Waals surface area contributed by atoms with Gasteiger partial charge in [0.25, 0.3) is 0 Å². The van der Waals surface area contributed by atoms with Gasteiger partial charge in [0.1, 0.15) is 0 Å². The quantitative estimate of drug-likeness (QED) is 0.652. The van der Waals surface area contributed by atoms with Crippen LogP contribution in [0.4, 0.5) is 0 Å². The zero-order valence-corrected chi connectivity index (χ0v) is 17.0. The molecule has 4 rings (SSSR count). The van der Waals surface area contributed by atoms with Crippen molar-refractivity contribution in [2.75, 3.05) is 27.2 Å². The van der Waals surface area contributed by atoms with Gasteiger partial charge in [-0.2, -0.15) is 0 Å². The van der Waals surface area contributed by atoms with E-state index in [0.29, 0.717) is 0 Å². The van der Waals surface area contributed by atoms with Crippen molar-refractivity contribution >= 4 is 17.3 Å². The number of rotatable bonds is 6. The fourth-order valence-electron chi connectivity index (χ4n) is 3.67. The van der Waals surface area contributed by atoms with Crippen LogP contribution in [-0.2, 0) is 0 Å². The Morgan fingerprint density at radius 2 is 1.86 bits per heavy atom. The highest BCUT2D eigenvalue weighted by atomic mass is 32.1. The molecule has 2 atom stereocenters. The molecule has 0 aliphatic carbocycles. The summed E-state index contributed by atoms with van der Waals surface area (Å²) in [5, 5.41) is 4.30. The number of thiocarbonyl (C=S) groups is 1. The van der Waals surface area contributed by atoms with Gasteiger partial charge >= 0.3 is 0 Å². The van der Waals surface area contributed by atoms with E-state index in [4.69, 9.17) is 12.2 Å². The van der Waals surface area contributed by atoms with Crippen molar-refractivity contribution in [2.24, 2.45) is 0 Å². The standard InChI is InChI=1S/C22H25N5S/c1-25(2)14-15-27-21(20(24-22(27)28)19-10-6-7-12-23-19)17-11-13-26(16-17)18-8-4-3-5-9-18/h3-13,16,20-21H,14-15H2,1-2H3,(H,24,28)/t20-,21+/m1/s1. The largest absolute Gasteiger partial charge is 0.352 e. The lowest BCUT2D eigenvalue weighted by Crippen LogP contribution is -2.35. The minimum Gasteiger partial charge on any atom is -0.352 e. The number of nitrogens with one attached hydrogen (secondary N) is 1. The highest BCUT2D eigenvalue weighted by Gasteiger charge is 2.39. The summed E-state index contributed by atoms with van der Waals surface area (Å²) in [5.74, 6) is 0. The molecule has 1 fully saturated rings. The van der Waals surface area contributed by atoms with E-state index in [9.17, 15) is 0 Å². The first-order chi connectivity index (χ1) is 13.6. The lowest BCUT2D eigenvalue weighted by molar-refractivity contribution is 0.278. The van der Waals surface area contributed by atoms with Crippen molar-refractivity contribution < 1.29 is 0 Å². The normalized spacial score (nSPS) is 19.2. The maximum absolute atomic E-state index is 5.71. The van der Waals surface area contributed by atoms with Gasteiger partial charge in [0.05, 0.1) is 17.8 Å². The first-order valence-corrected chi connectivity index (χ1v) is 9.90. The average Bonchev–Trinajstić information content (AvgIpc) is 3.32. The highest BCUT2D eigenvalue weighted by molar-refractivity contribution is 7.80. The number of para-hydroxylation sites is 1. The molecule has 0 saturated carbocycles. The second kappa shape index (κ2) is 8.12. The second-order valence-electron chi connectivity index (χ2n) is 7.31. The summed E-state index contributed by atoms with van der Waals surface area (Å²) in [6.45, 7) is 1.80. The van der Waals surface area contributed by atoms with Gasteiger partial charge < -0.3 is 19.7 Å². The fraction of sp³-hybridized carbons (Fsp3) is 0.273. The average molecular weight is 392 g/mol. The van der Waals surface area contributed by atoms with E-state index in [2.05, 4.69) is 87.6 Å². The molecule has 1 N–H and O–H groups in total. The number of likely N-dealkylation sites (N-methyl/N-ethyl adjacent to an activating group) is 1. The number of hydrogen-bond donors (Lipinski definition) is 1. The predicted octanol–water partition coefficient (Wildman–Crippen LogP) is 3.41. The van der Waals surface area contributed by atoms with Crippen molar-refractivity contribution in [2.45, 2.75) is 12.1 Å². The molecular formula is C22H25N5S. The van der Waals surface area contributed by atoms with Crippen LogP contribution in [0.3, 0.4) is 0 Å². The van der Waals surface area contributed by atoms with Crippen molar-refractivity contribution in [3.63, 3.8) is 0 Å². The van der Waals surface area contributed by atoms with Crippen LogP contribution in [0.15, 0.2) is 73.2 Å². The second-order valence-corrected chi connectivity index (χ2v) is 7.70. The van der Waals surface area contributed by atoms with Crippen molar-refractivity contribution in [3.8, 4) is 5.69 Å². The lowest BCUT2D eigenvalue weighted by Gasteiger charge is -2.28. The van der Waals surface area contributed by atoms with Crippen LogP contribution in [0.1, 0.15) is 23.3 Å². The maximum atomic E-state index is 5.71. The summed E-state index contributed by atoms with van der Waals surface area (Å²) in [6, 6.07) is 18.7. The molecule has 0 unspecified atom stereocenters. The number of benzene rings is 1. The van der Waals surface area contributed by atoms with E-state index in [1.165, 1.54) is 5.56 Å². The van der Waals surface area contributed by atoms with Crippen LogP contribution in [0, 0.1) is 0 Å². The summed E-state index contributed by atoms with van der Waals surface area (Å²) in [6.07, 6.45) is 6.16. The van der Waals surface area contributed by atoms with E-state index in [-0.39, 0.29) is 12.1 Å². The lowest BCUT2D eigenvalue weighted by atomic mass is 9.99. The molecule has 6 heteroatoms. The van der Waals surface area contributed by atoms with E-state index in [0.717, 1.165) is 29.6 Å². The van der Waals surface area contributed by atoms with Crippen molar-refractivity contribution in [1.82, 2.24) is 24.7 Å². The summed E-state index contributed by atoms with van der Waals surface area (Å²) in [4.78, 5) is 9.07. The Hall–Kier alpha value is -2.70. The Kier molecular flexibility index (Phi) is 5.41. The maximum Gasteiger partial charge on any atom is 0.170 e. The molecule has 2 aromatic heterocycles. The minimum absolute atomic E-state index is 0.0301. The van der Waals surface area contributed by atoms with Gasteiger partial charge in [0.2, 0.25) is 0 Å². The molecule has 3 aromatic rings. The Balaban J connectivity index is 1.70. The third kappa shape index (κ3) is 3.79. The molecule has 1 aliphatic rings. The SMILES string of the molecule is CN(C)CCN1C(=S)N[C@H](c2ccccn2)[C@@H]1c1ccn(-c2ccccc2)c1. The summed E-state index contributed by atoms with van der Waals surface area (Å²) < 4.78 is 2.16. The number of nitrogens with zero attached hydrogens (tertiary/aromatic N) is 4. The molecule has 1 aliphatic heterocycles. The minimum atomic E-state index is 0.0301. The summed E-state index contributed by atoms with van der Waals surface area (Å²) in [7, 11) is 4.17. The van der Waals surface area contributed by atoms with Gasteiger partial charge in [0.15, 0.2) is 5.11 Å². The Labute approximate surface area is 171 Å². The van der Waals surface area contributed by atoms with Crippen molar-refractivity contribution in [3.05, 3.63) is 84.4 Å². The molecule has 0 bridgehead atoms. The molecular weight excluding hydrogens is 366 g/mol. The van der Waals surface area contributed by atoms with Crippen LogP contribution in [0.2, 0.25) is 0 Å². The first-order valence-electron chi connectivity index (χ1n) is 9.49. The third-order valence-electron chi connectivity index (χ3n) is 5.10. The molecule has 28 heavy (non-hydrogen) atoms. The van der Waals surface area contributed by atoms with Crippen LogP contribution in [-0.4, -0.2) is 51.6 Å². The molecule has 0 amide bonds. The first kappa shape index (κ1) is 18.7. The monoisotopic (exact) mass is 391 g/mol. The zero-order valence-electron chi connectivity index (χ0n) is 16.2. The van der Waals surface area contributed by atoms with Gasteiger partial charge in [-0.25, -0.2) is 0 Å². The molecule has 1 aromatic carbocycles. The molecule has 1 saturated heterocycles. The summed E-state index contributed by atoms with van der Waals surface area (Å²) in [5.41, 5.74) is 3.39. The smallest absolute Gasteiger partial charge is 0.170 e. The highest BCUT2D eigenvalue weighted by Crippen LogP contribution is 2.38. The van der Waals surface area contributed by atoms with Gasteiger partial charge in [-0.15, -0.1) is 0 Å². The summed E-state index contributed by atoms with van der Waals surface area (Å²) >= 11 is 5.71. The fourth-order valence-corrected chi connectivity index (χ4v) is 4.00. The van der Waals surface area contributed by atoms with Crippen molar-refractivity contribution in [1.29, 1.82) is 0 Å². The van der Waals surface area contributed by atoms with E-state index in [1.807, 2.05) is 24.4 Å². The number of hydrogen-bond acceptors (Lipinski definition) is 3. The van der Waals surface area contributed by atoms with E-state index in [1.54, 1.807) is 0 Å². The Morgan fingerprint density at radius 1 is 1.07 bits per heavy atom. The zero-order chi connectivity index (χ0) is 19.5. The number of aromatic nitrogens is 2. The van der Waals surface area contributed by atoms with Crippen LogP contribution >= 0.6 is 12.2 Å². The Bertz CT molecular complexity index is 922. The van der Waals surface area contributed by atoms with Gasteiger partial charge in [-0.05, 0) is 62.2 Å². The third-order valence-corrected chi connectivity index (χ3v) is 5.45. The van der Waals surface area contributed by atoms with Gasteiger partial charge in [-0.1, -0.05) is 24.3 Å². The molecule has 144 valence electrons. The predicted molar refractivity (Wildman–Crippen MR) is 116 cm³/mol. The Morgan fingerprint density at radius 3 is 2.57 bits per heavy atom. The van der Waals surface area contributed by atoms with Crippen LogP contribution in [0.25, 0.3) is 5.69 Å². The van der Waals surface area contributed by atoms with E-state index < -0.39 is 0 Å². The molecule has 5 nitrogen and oxygen atoms in total. The van der Waals surface area contributed by atoms with E-state index >= 15 is 0 Å². The van der Waals surface area contributed by atoms with Crippen LogP contribution < -0.4 is 5.32 Å².